The third-order valence-corrected chi connectivity index (χ3v) is 6.82. The number of benzene rings is 3. The number of hydrogen-bond donors (Lipinski definition) is 4. The Morgan fingerprint density at radius 2 is 1.62 bits per heavy atom. The molecule has 4 N–H and O–H groups in total. The molecule has 1 aromatic heterocycles. The van der Waals surface area contributed by atoms with E-state index in [1.54, 1.807) is 71.8 Å². The number of aromatic amines is 1. The predicted octanol–water partition coefficient (Wildman–Crippen LogP) is 6.22. The van der Waals surface area contributed by atoms with Crippen LogP contribution in [0.15, 0.2) is 72.9 Å². The van der Waals surface area contributed by atoms with Crippen molar-refractivity contribution in [2.75, 3.05) is 29.0 Å². The van der Waals surface area contributed by atoms with Gasteiger partial charge in [-0.1, -0.05) is 35.3 Å². The largest absolute Gasteiger partial charge is 0.359 e. The highest BCUT2D eigenvalue weighted by molar-refractivity contribution is 6.33. The van der Waals surface area contributed by atoms with Crippen molar-refractivity contribution >= 4 is 69.0 Å². The molecule has 5 rings (SSSR count). The van der Waals surface area contributed by atoms with Crippen LogP contribution in [0.25, 0.3) is 10.9 Å². The van der Waals surface area contributed by atoms with Gasteiger partial charge in [0, 0.05) is 46.6 Å². The van der Waals surface area contributed by atoms with Gasteiger partial charge in [0.05, 0.1) is 22.2 Å². The molecule has 0 bridgehead atoms. The molecule has 8 nitrogen and oxygen atoms in total. The molecule has 0 saturated carbocycles. The zero-order valence-electron chi connectivity index (χ0n) is 19.6. The zero-order chi connectivity index (χ0) is 25.9. The summed E-state index contributed by atoms with van der Waals surface area (Å²) in [5.74, 6) is -0.657. The molecule has 1 unspecified atom stereocenters. The number of urea groups is 1. The van der Waals surface area contributed by atoms with Gasteiger partial charge in [0.25, 0.3) is 5.91 Å². The van der Waals surface area contributed by atoms with Crippen molar-refractivity contribution in [2.24, 2.45) is 5.92 Å². The van der Waals surface area contributed by atoms with Gasteiger partial charge in [-0.3, -0.25) is 9.59 Å². The second kappa shape index (κ2) is 10.5. The number of amides is 4. The molecule has 1 atom stereocenters. The van der Waals surface area contributed by atoms with Crippen LogP contribution in [-0.2, 0) is 4.79 Å². The van der Waals surface area contributed by atoms with E-state index in [1.807, 2.05) is 6.07 Å². The number of rotatable bonds is 5. The van der Waals surface area contributed by atoms with Gasteiger partial charge in [-0.2, -0.15) is 0 Å². The predicted molar refractivity (Wildman–Crippen MR) is 146 cm³/mol. The lowest BCUT2D eigenvalue weighted by Crippen LogP contribution is -2.31. The van der Waals surface area contributed by atoms with Gasteiger partial charge in [0.15, 0.2) is 0 Å². The molecule has 10 heteroatoms. The summed E-state index contributed by atoms with van der Waals surface area (Å²) in [6.07, 6.45) is 2.27. The fourth-order valence-electron chi connectivity index (χ4n) is 4.33. The van der Waals surface area contributed by atoms with E-state index in [0.717, 1.165) is 10.9 Å². The summed E-state index contributed by atoms with van der Waals surface area (Å²) in [4.78, 5) is 42.8. The fraction of sp³-hybridized carbons (Fsp3) is 0.148. The average Bonchev–Trinajstić information content (AvgIpc) is 3.53. The lowest BCUT2D eigenvalue weighted by atomic mass is 10.1. The average molecular weight is 536 g/mol. The van der Waals surface area contributed by atoms with Gasteiger partial charge in [0.1, 0.15) is 0 Å². The van der Waals surface area contributed by atoms with E-state index < -0.39 is 6.03 Å². The highest BCUT2D eigenvalue weighted by Gasteiger charge is 2.32. The fourth-order valence-corrected chi connectivity index (χ4v) is 4.71. The van der Waals surface area contributed by atoms with Gasteiger partial charge in [-0.15, -0.1) is 0 Å². The van der Waals surface area contributed by atoms with Crippen molar-refractivity contribution < 1.29 is 14.4 Å². The molecule has 2 heterocycles. The Morgan fingerprint density at radius 1 is 0.892 bits per heavy atom. The van der Waals surface area contributed by atoms with Crippen LogP contribution < -0.4 is 16.0 Å². The number of anilines is 3. The van der Waals surface area contributed by atoms with Gasteiger partial charge < -0.3 is 25.8 Å². The monoisotopic (exact) mass is 535 g/mol. The lowest BCUT2D eigenvalue weighted by molar-refractivity contribution is -0.119. The normalized spacial score (nSPS) is 15.0. The second-order valence-electron chi connectivity index (χ2n) is 8.75. The first-order valence-electron chi connectivity index (χ1n) is 11.7. The van der Waals surface area contributed by atoms with Crippen LogP contribution in [-0.4, -0.2) is 40.8 Å². The number of halogens is 2. The Bertz CT molecular complexity index is 1490. The Morgan fingerprint density at radius 3 is 2.38 bits per heavy atom. The maximum Gasteiger partial charge on any atom is 0.323 e. The van der Waals surface area contributed by atoms with Crippen LogP contribution in [0.3, 0.4) is 0 Å². The van der Waals surface area contributed by atoms with Crippen LogP contribution in [0.2, 0.25) is 10.0 Å². The summed E-state index contributed by atoms with van der Waals surface area (Å²) in [7, 11) is 0. The molecule has 1 aliphatic heterocycles. The summed E-state index contributed by atoms with van der Waals surface area (Å²) >= 11 is 12.2. The number of nitrogens with zero attached hydrogens (tertiary/aromatic N) is 1. The van der Waals surface area contributed by atoms with Crippen LogP contribution in [0, 0.1) is 5.92 Å². The highest BCUT2D eigenvalue weighted by Crippen LogP contribution is 2.27. The summed E-state index contributed by atoms with van der Waals surface area (Å²) < 4.78 is 0. The van der Waals surface area contributed by atoms with Crippen molar-refractivity contribution in [1.29, 1.82) is 0 Å². The Balaban J connectivity index is 1.14. The SMILES string of the molecule is O=C(Nc1ccc(NC(=O)C2CCN(C(=O)c3ccccc3Cl)C2)cc1)Nc1c[nH]c2ccc(Cl)cc12. The van der Waals surface area contributed by atoms with E-state index in [4.69, 9.17) is 23.2 Å². The summed E-state index contributed by atoms with van der Waals surface area (Å²) in [6.45, 7) is 0.817. The number of fused-ring (bicyclic) bond motifs is 1. The topological polar surface area (TPSA) is 106 Å². The number of carbonyl (C=O) groups excluding carboxylic acids is 3. The molecule has 1 aliphatic rings. The molecular weight excluding hydrogens is 513 g/mol. The van der Waals surface area contributed by atoms with Crippen LogP contribution in [0.5, 0.6) is 0 Å². The number of hydrogen-bond acceptors (Lipinski definition) is 3. The summed E-state index contributed by atoms with van der Waals surface area (Å²) in [5, 5.41) is 10.2. The van der Waals surface area contributed by atoms with Gasteiger partial charge in [-0.25, -0.2) is 4.79 Å². The van der Waals surface area contributed by atoms with E-state index in [1.165, 1.54) is 0 Å². The quantitative estimate of drug-likeness (QED) is 0.243. The number of aromatic nitrogens is 1. The minimum absolute atomic E-state index is 0.161. The Hall–Kier alpha value is -4.01. The highest BCUT2D eigenvalue weighted by atomic mass is 35.5. The van der Waals surface area contributed by atoms with Crippen molar-refractivity contribution in [2.45, 2.75) is 6.42 Å². The minimum Gasteiger partial charge on any atom is -0.359 e. The molecule has 1 fully saturated rings. The molecule has 0 aliphatic carbocycles. The molecule has 4 aromatic rings. The van der Waals surface area contributed by atoms with Crippen LogP contribution in [0.1, 0.15) is 16.8 Å². The maximum absolute atomic E-state index is 12.8. The van der Waals surface area contributed by atoms with Crippen molar-refractivity contribution in [3.63, 3.8) is 0 Å². The number of nitrogens with one attached hydrogen (secondary N) is 4. The van der Waals surface area contributed by atoms with Gasteiger partial charge in [0.2, 0.25) is 5.91 Å². The Labute approximate surface area is 222 Å². The van der Waals surface area contributed by atoms with E-state index in [9.17, 15) is 14.4 Å². The molecule has 188 valence electrons. The summed E-state index contributed by atoms with van der Waals surface area (Å²) in [5.41, 5.74) is 3.06. The van der Waals surface area contributed by atoms with Gasteiger partial charge >= 0.3 is 6.03 Å². The van der Waals surface area contributed by atoms with Crippen LogP contribution >= 0.6 is 23.2 Å². The molecule has 0 radical (unpaired) electrons. The van der Waals surface area contributed by atoms with E-state index in [0.29, 0.717) is 52.2 Å². The van der Waals surface area contributed by atoms with E-state index >= 15 is 0 Å². The first-order valence-corrected chi connectivity index (χ1v) is 12.4. The third kappa shape index (κ3) is 5.55. The van der Waals surface area contributed by atoms with Crippen molar-refractivity contribution in [3.05, 3.63) is 88.5 Å². The lowest BCUT2D eigenvalue weighted by Gasteiger charge is -2.17. The van der Waals surface area contributed by atoms with Crippen molar-refractivity contribution in [3.8, 4) is 0 Å². The zero-order valence-corrected chi connectivity index (χ0v) is 21.1. The first kappa shape index (κ1) is 24.7. The van der Waals surface area contributed by atoms with Crippen molar-refractivity contribution in [1.82, 2.24) is 9.88 Å². The molecule has 4 amide bonds. The maximum atomic E-state index is 12.8. The minimum atomic E-state index is -0.410. The first-order chi connectivity index (χ1) is 17.9. The van der Waals surface area contributed by atoms with E-state index in [2.05, 4.69) is 20.9 Å². The number of carbonyl (C=O) groups is 3. The Kier molecular flexibility index (Phi) is 7.03. The smallest absolute Gasteiger partial charge is 0.323 e. The third-order valence-electron chi connectivity index (χ3n) is 6.25. The standard InChI is InChI=1S/C27H23Cl2N5O3/c28-17-5-10-23-21(13-17)24(14-30-23)33-27(37)32-19-8-6-18(7-9-19)31-25(35)16-11-12-34(15-16)26(36)20-3-1-2-4-22(20)29/h1-10,13-14,16,30H,11-12,15H2,(H,31,35)(H2,32,33,37). The van der Waals surface area contributed by atoms with E-state index in [-0.39, 0.29) is 17.7 Å². The van der Waals surface area contributed by atoms with Crippen LogP contribution in [0.4, 0.5) is 21.9 Å². The molecule has 37 heavy (non-hydrogen) atoms. The number of H-pyrrole nitrogens is 1. The number of likely N-dealkylation sites (tertiary alicyclic amines) is 1. The molecule has 1 saturated heterocycles. The molecular formula is C27H23Cl2N5O3. The molecule has 3 aromatic carbocycles. The summed E-state index contributed by atoms with van der Waals surface area (Å²) in [6, 6.07) is 18.7. The molecule has 0 spiro atoms. The second-order valence-corrected chi connectivity index (χ2v) is 9.60. The van der Waals surface area contributed by atoms with Gasteiger partial charge in [-0.05, 0) is 61.0 Å².